The molecule has 0 aromatic heterocycles. The molecule has 114 valence electrons. The quantitative estimate of drug-likeness (QED) is 0.739. The van der Waals surface area contributed by atoms with Crippen molar-refractivity contribution < 1.29 is 13.2 Å². The van der Waals surface area contributed by atoms with E-state index in [9.17, 15) is 8.42 Å². The molecule has 4 nitrogen and oxygen atoms in total. The van der Waals surface area contributed by atoms with Gasteiger partial charge in [-0.15, -0.1) is 0 Å². The van der Waals surface area contributed by atoms with Crippen LogP contribution in [0.4, 0.5) is 0 Å². The van der Waals surface area contributed by atoms with Crippen molar-refractivity contribution in [2.24, 2.45) is 5.92 Å². The molecule has 0 unspecified atom stereocenters. The Hall–Kier alpha value is -0.330. The Labute approximate surface area is 130 Å². The zero-order valence-electron chi connectivity index (χ0n) is 11.5. The summed E-state index contributed by atoms with van der Waals surface area (Å²) in [7, 11) is -3.64. The molecule has 0 aliphatic heterocycles. The lowest BCUT2D eigenvalue weighted by atomic mass is 10.2. The molecule has 0 spiro atoms. The van der Waals surface area contributed by atoms with Crippen LogP contribution in [0, 0.1) is 5.92 Å². The molecule has 1 aromatic rings. The first-order valence-electron chi connectivity index (χ1n) is 6.36. The number of ether oxygens (including phenoxy) is 1. The number of sulfonamides is 1. The summed E-state index contributed by atoms with van der Waals surface area (Å²) >= 11 is 11.7. The Kier molecular flexibility index (Phi) is 7.26. The van der Waals surface area contributed by atoms with Gasteiger partial charge in [0, 0.05) is 19.8 Å². The molecule has 0 atom stereocenters. The first-order chi connectivity index (χ1) is 9.34. The number of hydrogen-bond acceptors (Lipinski definition) is 3. The molecule has 1 N–H and O–H groups in total. The molecule has 0 amide bonds. The van der Waals surface area contributed by atoms with Crippen LogP contribution in [0.5, 0.6) is 0 Å². The van der Waals surface area contributed by atoms with Crippen LogP contribution in [0.3, 0.4) is 0 Å². The fourth-order valence-electron chi connectivity index (χ4n) is 1.47. The number of hydrogen-bond donors (Lipinski definition) is 1. The summed E-state index contributed by atoms with van der Waals surface area (Å²) in [6, 6.07) is 4.52. The molecule has 0 radical (unpaired) electrons. The van der Waals surface area contributed by atoms with Gasteiger partial charge in [0.1, 0.15) is 4.90 Å². The summed E-state index contributed by atoms with van der Waals surface area (Å²) in [5.41, 5.74) is 0. The van der Waals surface area contributed by atoms with Crippen molar-refractivity contribution in [1.29, 1.82) is 0 Å². The van der Waals surface area contributed by atoms with Gasteiger partial charge in [0.25, 0.3) is 0 Å². The Morgan fingerprint density at radius 2 is 2.00 bits per heavy atom. The highest BCUT2D eigenvalue weighted by atomic mass is 35.5. The third kappa shape index (κ3) is 5.58. The maximum atomic E-state index is 12.1. The highest BCUT2D eigenvalue weighted by Gasteiger charge is 2.18. The summed E-state index contributed by atoms with van der Waals surface area (Å²) in [6.07, 6.45) is 0.601. The maximum Gasteiger partial charge on any atom is 0.242 e. The fourth-order valence-corrected chi connectivity index (χ4v) is 3.30. The Morgan fingerprint density at radius 3 is 2.65 bits per heavy atom. The average molecular weight is 340 g/mol. The van der Waals surface area contributed by atoms with Crippen LogP contribution >= 0.6 is 23.2 Å². The lowest BCUT2D eigenvalue weighted by Gasteiger charge is -2.10. The summed E-state index contributed by atoms with van der Waals surface area (Å²) < 4.78 is 32.0. The van der Waals surface area contributed by atoms with Crippen LogP contribution in [0.2, 0.25) is 10.0 Å². The molecule has 1 aromatic carbocycles. The normalized spacial score (nSPS) is 12.1. The van der Waals surface area contributed by atoms with E-state index in [4.69, 9.17) is 27.9 Å². The van der Waals surface area contributed by atoms with Gasteiger partial charge in [-0.3, -0.25) is 0 Å². The topological polar surface area (TPSA) is 55.4 Å². The van der Waals surface area contributed by atoms with E-state index in [1.807, 2.05) is 0 Å². The Morgan fingerprint density at radius 1 is 1.30 bits per heavy atom. The molecule has 0 saturated carbocycles. The number of rotatable bonds is 8. The first-order valence-corrected chi connectivity index (χ1v) is 8.60. The van der Waals surface area contributed by atoms with Crippen molar-refractivity contribution in [3.05, 3.63) is 28.2 Å². The van der Waals surface area contributed by atoms with E-state index < -0.39 is 10.0 Å². The van der Waals surface area contributed by atoms with Gasteiger partial charge in [0.2, 0.25) is 10.0 Å². The van der Waals surface area contributed by atoms with Gasteiger partial charge in [0.05, 0.1) is 10.0 Å². The second-order valence-electron chi connectivity index (χ2n) is 4.77. The molecule has 0 aliphatic rings. The Balaban J connectivity index is 2.48. The van der Waals surface area contributed by atoms with E-state index in [-0.39, 0.29) is 14.9 Å². The molecular formula is C13H19Cl2NO3S. The molecule has 0 heterocycles. The number of halogens is 2. The predicted octanol–water partition coefficient (Wildman–Crippen LogP) is 3.33. The van der Waals surface area contributed by atoms with E-state index in [1.54, 1.807) is 12.1 Å². The lowest BCUT2D eigenvalue weighted by Crippen LogP contribution is -2.26. The van der Waals surface area contributed by atoms with Gasteiger partial charge in [-0.05, 0) is 24.5 Å². The highest BCUT2D eigenvalue weighted by molar-refractivity contribution is 7.89. The van der Waals surface area contributed by atoms with Crippen LogP contribution in [0.25, 0.3) is 0 Å². The monoisotopic (exact) mass is 339 g/mol. The molecular weight excluding hydrogens is 321 g/mol. The second kappa shape index (κ2) is 8.20. The van der Waals surface area contributed by atoms with Gasteiger partial charge in [-0.1, -0.05) is 43.1 Å². The minimum absolute atomic E-state index is 0.00485. The zero-order valence-corrected chi connectivity index (χ0v) is 13.9. The van der Waals surface area contributed by atoms with Crippen LogP contribution in [0.15, 0.2) is 23.1 Å². The van der Waals surface area contributed by atoms with E-state index in [0.29, 0.717) is 32.1 Å². The summed E-state index contributed by atoms with van der Waals surface area (Å²) in [5, 5.41) is 0.257. The van der Waals surface area contributed by atoms with Crippen molar-refractivity contribution in [3.8, 4) is 0 Å². The molecule has 0 aliphatic carbocycles. The molecule has 0 bridgehead atoms. The van der Waals surface area contributed by atoms with Crippen LogP contribution in [-0.2, 0) is 14.8 Å². The summed E-state index contributed by atoms with van der Waals surface area (Å²) in [4.78, 5) is -0.00485. The second-order valence-corrected chi connectivity index (χ2v) is 7.29. The van der Waals surface area contributed by atoms with Crippen molar-refractivity contribution in [1.82, 2.24) is 4.72 Å². The van der Waals surface area contributed by atoms with Gasteiger partial charge < -0.3 is 4.74 Å². The van der Waals surface area contributed by atoms with Crippen molar-refractivity contribution in [3.63, 3.8) is 0 Å². The molecule has 0 saturated heterocycles. The minimum Gasteiger partial charge on any atom is -0.381 e. The van der Waals surface area contributed by atoms with Crippen molar-refractivity contribution in [2.75, 3.05) is 19.8 Å². The third-order valence-corrected chi connectivity index (χ3v) is 4.85. The lowest BCUT2D eigenvalue weighted by molar-refractivity contribution is 0.108. The van der Waals surface area contributed by atoms with Gasteiger partial charge in [-0.25, -0.2) is 13.1 Å². The van der Waals surface area contributed by atoms with Crippen LogP contribution < -0.4 is 4.72 Å². The van der Waals surface area contributed by atoms with Gasteiger partial charge in [0.15, 0.2) is 0 Å². The number of benzene rings is 1. The molecule has 0 fully saturated rings. The molecule has 1 rings (SSSR count). The van der Waals surface area contributed by atoms with Crippen LogP contribution in [0.1, 0.15) is 20.3 Å². The largest absolute Gasteiger partial charge is 0.381 e. The predicted molar refractivity (Wildman–Crippen MR) is 81.9 cm³/mol. The summed E-state index contributed by atoms with van der Waals surface area (Å²) in [5.74, 6) is 0.469. The van der Waals surface area contributed by atoms with Gasteiger partial charge >= 0.3 is 0 Å². The smallest absolute Gasteiger partial charge is 0.242 e. The van der Waals surface area contributed by atoms with E-state index >= 15 is 0 Å². The van der Waals surface area contributed by atoms with Gasteiger partial charge in [-0.2, -0.15) is 0 Å². The standard InChI is InChI=1S/C13H19Cl2NO3S/c1-10(2)9-19-8-4-7-16-20(17,18)12-6-3-5-11(14)13(12)15/h3,5-6,10,16H,4,7-9H2,1-2H3. The van der Waals surface area contributed by atoms with Crippen molar-refractivity contribution in [2.45, 2.75) is 25.2 Å². The summed E-state index contributed by atoms with van der Waals surface area (Å²) in [6.45, 7) is 5.60. The SMILES string of the molecule is CC(C)COCCCNS(=O)(=O)c1cccc(Cl)c1Cl. The maximum absolute atomic E-state index is 12.1. The minimum atomic E-state index is -3.64. The fraction of sp³-hybridized carbons (Fsp3) is 0.538. The van der Waals surface area contributed by atoms with Crippen molar-refractivity contribution >= 4 is 33.2 Å². The molecule has 20 heavy (non-hydrogen) atoms. The highest BCUT2D eigenvalue weighted by Crippen LogP contribution is 2.28. The number of nitrogens with one attached hydrogen (secondary N) is 1. The van der Waals surface area contributed by atoms with E-state index in [1.165, 1.54) is 6.07 Å². The Bertz CT molecular complexity index is 532. The van der Waals surface area contributed by atoms with Crippen LogP contribution in [-0.4, -0.2) is 28.2 Å². The molecule has 7 heteroatoms. The van der Waals surface area contributed by atoms with E-state index in [2.05, 4.69) is 18.6 Å². The zero-order chi connectivity index (χ0) is 15.2. The van der Waals surface area contributed by atoms with E-state index in [0.717, 1.165) is 0 Å². The third-order valence-electron chi connectivity index (χ3n) is 2.41. The first kappa shape index (κ1) is 17.7. The average Bonchev–Trinajstić information content (AvgIpc) is 2.36.